The highest BCUT2D eigenvalue weighted by molar-refractivity contribution is 5.68. The first-order valence-corrected chi connectivity index (χ1v) is 4.23. The average Bonchev–Trinajstić information content (AvgIpc) is 2.03. The molecule has 12 heavy (non-hydrogen) atoms. The molecule has 0 radical (unpaired) electrons. The molecule has 2 unspecified atom stereocenters. The Balaban J connectivity index is 2.62. The van der Waals surface area contributed by atoms with E-state index in [1.165, 1.54) is 7.11 Å². The molecule has 0 aromatic heterocycles. The Morgan fingerprint density at radius 1 is 1.42 bits per heavy atom. The molecule has 4 nitrogen and oxygen atoms in total. The number of amides is 1. The summed E-state index contributed by atoms with van der Waals surface area (Å²) >= 11 is 0. The maximum absolute atomic E-state index is 11.3. The summed E-state index contributed by atoms with van der Waals surface area (Å²) in [6.45, 7) is 5.72. The molecule has 0 bridgehead atoms. The Bertz CT molecular complexity index is 162. The fourth-order valence-corrected chi connectivity index (χ4v) is 1.60. The van der Waals surface area contributed by atoms with Gasteiger partial charge in [0.15, 0.2) is 0 Å². The molecule has 1 aliphatic rings. The first kappa shape index (κ1) is 9.32. The van der Waals surface area contributed by atoms with Gasteiger partial charge in [0.05, 0.1) is 7.11 Å². The molecule has 0 aromatic rings. The molecule has 0 aromatic carbocycles. The van der Waals surface area contributed by atoms with Crippen LogP contribution in [0, 0.1) is 0 Å². The summed E-state index contributed by atoms with van der Waals surface area (Å²) in [4.78, 5) is 13.0. The second-order valence-corrected chi connectivity index (χ2v) is 3.23. The molecule has 0 saturated carbocycles. The summed E-state index contributed by atoms with van der Waals surface area (Å²) < 4.78 is 4.69. The van der Waals surface area contributed by atoms with Gasteiger partial charge in [-0.1, -0.05) is 0 Å². The number of carbonyl (C=O) groups excluding carboxylic acids is 1. The van der Waals surface area contributed by atoms with E-state index in [4.69, 9.17) is 0 Å². The van der Waals surface area contributed by atoms with Crippen molar-refractivity contribution in [1.82, 2.24) is 10.2 Å². The van der Waals surface area contributed by atoms with E-state index in [-0.39, 0.29) is 18.2 Å². The van der Waals surface area contributed by atoms with Gasteiger partial charge in [-0.05, 0) is 13.8 Å². The third kappa shape index (κ3) is 1.69. The van der Waals surface area contributed by atoms with Crippen molar-refractivity contribution >= 4 is 6.09 Å². The van der Waals surface area contributed by atoms with Crippen LogP contribution in [0.3, 0.4) is 0 Å². The van der Waals surface area contributed by atoms with Crippen LogP contribution in [0.1, 0.15) is 13.8 Å². The number of carbonyl (C=O) groups is 1. The van der Waals surface area contributed by atoms with Crippen LogP contribution in [0.25, 0.3) is 0 Å². The van der Waals surface area contributed by atoms with E-state index < -0.39 is 0 Å². The fourth-order valence-electron chi connectivity index (χ4n) is 1.60. The largest absolute Gasteiger partial charge is 0.453 e. The van der Waals surface area contributed by atoms with Crippen molar-refractivity contribution < 1.29 is 9.53 Å². The zero-order valence-corrected chi connectivity index (χ0v) is 7.83. The van der Waals surface area contributed by atoms with Crippen LogP contribution in [-0.2, 0) is 4.74 Å². The highest BCUT2D eigenvalue weighted by Gasteiger charge is 2.29. The SMILES string of the molecule is COC(=O)N1C(C)CNCC1C. The number of piperazine rings is 1. The number of nitrogens with one attached hydrogen (secondary N) is 1. The molecule has 1 aliphatic heterocycles. The van der Waals surface area contributed by atoms with Crippen LogP contribution < -0.4 is 5.32 Å². The van der Waals surface area contributed by atoms with Gasteiger partial charge in [0.1, 0.15) is 0 Å². The number of ether oxygens (including phenoxy) is 1. The minimum Gasteiger partial charge on any atom is -0.453 e. The molecule has 2 atom stereocenters. The third-order valence-corrected chi connectivity index (χ3v) is 2.21. The van der Waals surface area contributed by atoms with Crippen molar-refractivity contribution in [3.63, 3.8) is 0 Å². The lowest BCUT2D eigenvalue weighted by molar-refractivity contribution is 0.0758. The summed E-state index contributed by atoms with van der Waals surface area (Å²) in [5, 5.41) is 3.24. The Morgan fingerprint density at radius 2 is 1.92 bits per heavy atom. The van der Waals surface area contributed by atoms with Crippen LogP contribution in [0.15, 0.2) is 0 Å². The van der Waals surface area contributed by atoms with Crippen LogP contribution >= 0.6 is 0 Å². The molecular formula is C8H16N2O2. The number of hydrogen-bond acceptors (Lipinski definition) is 3. The lowest BCUT2D eigenvalue weighted by Crippen LogP contribution is -2.57. The van der Waals surface area contributed by atoms with Crippen LogP contribution in [0.2, 0.25) is 0 Å². The monoisotopic (exact) mass is 172 g/mol. The van der Waals surface area contributed by atoms with Crippen molar-refractivity contribution in [2.75, 3.05) is 20.2 Å². The molecule has 1 fully saturated rings. The molecule has 1 saturated heterocycles. The van der Waals surface area contributed by atoms with E-state index in [1.807, 2.05) is 13.8 Å². The Labute approximate surface area is 72.9 Å². The van der Waals surface area contributed by atoms with Gasteiger partial charge in [-0.2, -0.15) is 0 Å². The van der Waals surface area contributed by atoms with Crippen molar-refractivity contribution in [2.45, 2.75) is 25.9 Å². The van der Waals surface area contributed by atoms with E-state index in [0.717, 1.165) is 13.1 Å². The minimum atomic E-state index is -0.225. The lowest BCUT2D eigenvalue weighted by Gasteiger charge is -2.38. The Morgan fingerprint density at radius 3 is 2.33 bits per heavy atom. The summed E-state index contributed by atoms with van der Waals surface area (Å²) in [5.41, 5.74) is 0. The molecule has 0 aliphatic carbocycles. The van der Waals surface area contributed by atoms with E-state index in [0.29, 0.717) is 0 Å². The van der Waals surface area contributed by atoms with Gasteiger partial charge in [-0.25, -0.2) is 4.79 Å². The standard InChI is InChI=1S/C8H16N2O2/c1-6-4-9-5-7(2)10(6)8(11)12-3/h6-7,9H,4-5H2,1-3H3. The predicted octanol–water partition coefficient (Wildman–Crippen LogP) is 0.435. The number of rotatable bonds is 0. The first-order chi connectivity index (χ1) is 5.66. The van der Waals surface area contributed by atoms with Crippen molar-refractivity contribution in [1.29, 1.82) is 0 Å². The highest BCUT2D eigenvalue weighted by atomic mass is 16.5. The van der Waals surface area contributed by atoms with Crippen molar-refractivity contribution in [2.24, 2.45) is 0 Å². The van der Waals surface area contributed by atoms with Gasteiger partial charge < -0.3 is 15.0 Å². The number of hydrogen-bond donors (Lipinski definition) is 1. The van der Waals surface area contributed by atoms with Gasteiger partial charge in [-0.15, -0.1) is 0 Å². The van der Waals surface area contributed by atoms with Crippen LogP contribution in [0.5, 0.6) is 0 Å². The molecule has 1 N–H and O–H groups in total. The predicted molar refractivity (Wildman–Crippen MR) is 46.0 cm³/mol. The van der Waals surface area contributed by atoms with E-state index in [9.17, 15) is 4.79 Å². The Hall–Kier alpha value is -0.770. The first-order valence-electron chi connectivity index (χ1n) is 4.23. The normalized spacial score (nSPS) is 30.1. The maximum Gasteiger partial charge on any atom is 0.410 e. The second-order valence-electron chi connectivity index (χ2n) is 3.23. The summed E-state index contributed by atoms with van der Waals surface area (Å²) in [6, 6.07) is 0.447. The molecule has 1 amide bonds. The molecule has 0 spiro atoms. The van der Waals surface area contributed by atoms with Gasteiger partial charge in [0.25, 0.3) is 0 Å². The van der Waals surface area contributed by atoms with E-state index in [1.54, 1.807) is 4.90 Å². The minimum absolute atomic E-state index is 0.223. The van der Waals surface area contributed by atoms with Gasteiger partial charge in [-0.3, -0.25) is 0 Å². The van der Waals surface area contributed by atoms with Gasteiger partial charge in [0, 0.05) is 25.2 Å². The highest BCUT2D eigenvalue weighted by Crippen LogP contribution is 2.10. The van der Waals surface area contributed by atoms with E-state index in [2.05, 4.69) is 10.1 Å². The van der Waals surface area contributed by atoms with E-state index >= 15 is 0 Å². The smallest absolute Gasteiger partial charge is 0.410 e. The van der Waals surface area contributed by atoms with Crippen molar-refractivity contribution in [3.8, 4) is 0 Å². The maximum atomic E-state index is 11.3. The van der Waals surface area contributed by atoms with Crippen molar-refractivity contribution in [3.05, 3.63) is 0 Å². The quantitative estimate of drug-likeness (QED) is 0.576. The number of nitrogens with zero attached hydrogens (tertiary/aromatic N) is 1. The number of methoxy groups -OCH3 is 1. The molecule has 70 valence electrons. The van der Waals surface area contributed by atoms with Crippen LogP contribution in [-0.4, -0.2) is 43.3 Å². The summed E-state index contributed by atoms with van der Waals surface area (Å²) in [5.74, 6) is 0. The Kier molecular flexibility index (Phi) is 2.92. The second kappa shape index (κ2) is 3.76. The third-order valence-electron chi connectivity index (χ3n) is 2.21. The zero-order chi connectivity index (χ0) is 9.14. The lowest BCUT2D eigenvalue weighted by atomic mass is 10.1. The summed E-state index contributed by atoms with van der Waals surface area (Å²) in [6.07, 6.45) is -0.225. The fraction of sp³-hybridized carbons (Fsp3) is 0.875. The van der Waals surface area contributed by atoms with Gasteiger partial charge >= 0.3 is 6.09 Å². The van der Waals surface area contributed by atoms with Crippen LogP contribution in [0.4, 0.5) is 4.79 Å². The summed E-state index contributed by atoms with van der Waals surface area (Å²) in [7, 11) is 1.42. The molecule has 1 rings (SSSR count). The topological polar surface area (TPSA) is 41.6 Å². The zero-order valence-electron chi connectivity index (χ0n) is 7.83. The molecule has 1 heterocycles. The molecular weight excluding hydrogens is 156 g/mol. The molecule has 4 heteroatoms. The average molecular weight is 172 g/mol. The van der Waals surface area contributed by atoms with Gasteiger partial charge in [0.2, 0.25) is 0 Å².